The molecule has 5 heteroatoms. The molecule has 0 bridgehead atoms. The minimum atomic E-state index is -0.985. The smallest absolute Gasteiger partial charge is 0.335 e. The maximum atomic E-state index is 12.4. The predicted molar refractivity (Wildman–Crippen MR) is 100 cm³/mol. The number of fused-ring (bicyclic) bond motifs is 1. The number of hydrogen-bond donors (Lipinski definition) is 2. The lowest BCUT2D eigenvalue weighted by Crippen LogP contribution is -2.09. The Bertz CT molecular complexity index is 1190. The first kappa shape index (κ1) is 15.8. The van der Waals surface area contributed by atoms with Crippen LogP contribution in [0.15, 0.2) is 77.6 Å². The number of nitrogens with one attached hydrogen (secondary N) is 1. The second-order valence-electron chi connectivity index (χ2n) is 5.86. The molecule has 3 aromatic carbocycles. The number of aromatic nitrogens is 2. The minimum Gasteiger partial charge on any atom is -0.478 e. The number of carboxylic acids is 1. The SMILES string of the molecule is O=C(O)c1cccc(-c2ccccc2-c2nc3ccccc3c(=O)[nH]2)c1. The van der Waals surface area contributed by atoms with Crippen LogP contribution in [0.25, 0.3) is 33.4 Å². The molecule has 4 aromatic rings. The number of rotatable bonds is 3. The summed E-state index contributed by atoms with van der Waals surface area (Å²) in [6, 6.07) is 21.3. The second-order valence-corrected chi connectivity index (χ2v) is 5.86. The van der Waals surface area contributed by atoms with Crippen LogP contribution in [0.2, 0.25) is 0 Å². The largest absolute Gasteiger partial charge is 0.478 e. The summed E-state index contributed by atoms with van der Waals surface area (Å²) in [5, 5.41) is 9.77. The van der Waals surface area contributed by atoms with E-state index in [0.29, 0.717) is 16.7 Å². The van der Waals surface area contributed by atoms with Crippen LogP contribution < -0.4 is 5.56 Å². The van der Waals surface area contributed by atoms with Gasteiger partial charge in [-0.15, -0.1) is 0 Å². The van der Waals surface area contributed by atoms with Gasteiger partial charge in [0.1, 0.15) is 5.82 Å². The van der Waals surface area contributed by atoms with Crippen molar-refractivity contribution in [1.29, 1.82) is 0 Å². The van der Waals surface area contributed by atoms with Gasteiger partial charge in [0.05, 0.1) is 16.5 Å². The standard InChI is InChI=1S/C21H14N2O3/c24-20-17-10-3-4-11-18(17)22-19(23-20)16-9-2-1-8-15(16)13-6-5-7-14(12-13)21(25)26/h1-12H,(H,25,26)(H,22,23,24). The molecule has 0 amide bonds. The van der Waals surface area contributed by atoms with Gasteiger partial charge in [0.2, 0.25) is 0 Å². The summed E-state index contributed by atoms with van der Waals surface area (Å²) < 4.78 is 0. The van der Waals surface area contributed by atoms with Crippen LogP contribution in [-0.4, -0.2) is 21.0 Å². The fraction of sp³-hybridized carbons (Fsp3) is 0. The van der Waals surface area contributed by atoms with Gasteiger partial charge in [0.25, 0.3) is 5.56 Å². The van der Waals surface area contributed by atoms with E-state index < -0.39 is 5.97 Å². The van der Waals surface area contributed by atoms with Crippen molar-refractivity contribution in [1.82, 2.24) is 9.97 Å². The number of H-pyrrole nitrogens is 1. The summed E-state index contributed by atoms with van der Waals surface area (Å²) in [4.78, 5) is 31.1. The minimum absolute atomic E-state index is 0.206. The topological polar surface area (TPSA) is 83.0 Å². The molecule has 0 atom stereocenters. The van der Waals surface area contributed by atoms with Gasteiger partial charge in [0, 0.05) is 5.56 Å². The van der Waals surface area contributed by atoms with Gasteiger partial charge < -0.3 is 10.1 Å². The maximum absolute atomic E-state index is 12.4. The molecule has 5 nitrogen and oxygen atoms in total. The Kier molecular flexibility index (Phi) is 3.82. The van der Waals surface area contributed by atoms with E-state index in [1.807, 2.05) is 36.4 Å². The average molecular weight is 342 g/mol. The third kappa shape index (κ3) is 2.75. The summed E-state index contributed by atoms with van der Waals surface area (Å²) in [6.45, 7) is 0. The first-order valence-corrected chi connectivity index (χ1v) is 8.06. The molecule has 0 saturated carbocycles. The number of carbonyl (C=O) groups is 1. The van der Waals surface area contributed by atoms with Crippen molar-refractivity contribution in [2.75, 3.05) is 0 Å². The predicted octanol–water partition coefficient (Wildman–Crippen LogP) is 3.96. The third-order valence-corrected chi connectivity index (χ3v) is 4.22. The first-order valence-electron chi connectivity index (χ1n) is 8.06. The Balaban J connectivity index is 1.94. The zero-order chi connectivity index (χ0) is 18.1. The normalized spacial score (nSPS) is 10.8. The summed E-state index contributed by atoms with van der Waals surface area (Å²) >= 11 is 0. The molecule has 26 heavy (non-hydrogen) atoms. The van der Waals surface area contributed by atoms with Crippen molar-refractivity contribution in [3.63, 3.8) is 0 Å². The molecule has 0 aliphatic carbocycles. The number of hydrogen-bond acceptors (Lipinski definition) is 3. The van der Waals surface area contributed by atoms with E-state index in [4.69, 9.17) is 0 Å². The Labute approximate surface area is 148 Å². The Hall–Kier alpha value is -3.73. The third-order valence-electron chi connectivity index (χ3n) is 4.22. The molecule has 1 heterocycles. The Morgan fingerprint density at radius 2 is 1.62 bits per heavy atom. The monoisotopic (exact) mass is 342 g/mol. The molecule has 126 valence electrons. The highest BCUT2D eigenvalue weighted by atomic mass is 16.4. The molecular formula is C21H14N2O3. The number of benzene rings is 3. The fourth-order valence-corrected chi connectivity index (χ4v) is 2.98. The summed E-state index contributed by atoms with van der Waals surface area (Å²) in [5.74, 6) is -0.536. The van der Waals surface area contributed by atoms with Crippen molar-refractivity contribution in [2.24, 2.45) is 0 Å². The number of carboxylic acid groups (broad SMARTS) is 1. The van der Waals surface area contributed by atoms with Crippen LogP contribution >= 0.6 is 0 Å². The van der Waals surface area contributed by atoms with E-state index in [1.54, 1.807) is 36.4 Å². The molecular weight excluding hydrogens is 328 g/mol. The van der Waals surface area contributed by atoms with Crippen LogP contribution in [0.3, 0.4) is 0 Å². The molecule has 0 aliphatic heterocycles. The van der Waals surface area contributed by atoms with Crippen molar-refractivity contribution in [3.05, 3.63) is 88.7 Å². The van der Waals surface area contributed by atoms with Gasteiger partial charge >= 0.3 is 5.97 Å². The van der Waals surface area contributed by atoms with Crippen LogP contribution in [-0.2, 0) is 0 Å². The summed E-state index contributed by atoms with van der Waals surface area (Å²) in [7, 11) is 0. The highest BCUT2D eigenvalue weighted by Gasteiger charge is 2.12. The zero-order valence-corrected chi connectivity index (χ0v) is 13.6. The van der Waals surface area contributed by atoms with E-state index in [1.165, 1.54) is 0 Å². The van der Waals surface area contributed by atoms with Gasteiger partial charge in [-0.3, -0.25) is 4.79 Å². The number of nitrogens with zero attached hydrogens (tertiary/aromatic N) is 1. The maximum Gasteiger partial charge on any atom is 0.335 e. The van der Waals surface area contributed by atoms with E-state index in [-0.39, 0.29) is 11.1 Å². The van der Waals surface area contributed by atoms with Crippen LogP contribution in [0, 0.1) is 0 Å². The first-order chi connectivity index (χ1) is 12.6. The molecule has 0 saturated heterocycles. The van der Waals surface area contributed by atoms with Gasteiger partial charge in [-0.1, -0.05) is 48.5 Å². The van der Waals surface area contributed by atoms with Crippen molar-refractivity contribution in [3.8, 4) is 22.5 Å². The Morgan fingerprint density at radius 3 is 2.42 bits per heavy atom. The fourth-order valence-electron chi connectivity index (χ4n) is 2.98. The lowest BCUT2D eigenvalue weighted by atomic mass is 9.97. The van der Waals surface area contributed by atoms with E-state index in [9.17, 15) is 14.7 Å². The second kappa shape index (κ2) is 6.29. The lowest BCUT2D eigenvalue weighted by molar-refractivity contribution is 0.0697. The molecule has 0 spiro atoms. The van der Waals surface area contributed by atoms with Crippen LogP contribution in [0.5, 0.6) is 0 Å². The molecule has 0 aliphatic rings. The number of aromatic amines is 1. The van der Waals surface area contributed by atoms with Gasteiger partial charge in [-0.2, -0.15) is 0 Å². The van der Waals surface area contributed by atoms with Crippen LogP contribution in [0.1, 0.15) is 10.4 Å². The van der Waals surface area contributed by atoms with E-state index in [2.05, 4.69) is 9.97 Å². The van der Waals surface area contributed by atoms with Crippen molar-refractivity contribution < 1.29 is 9.90 Å². The zero-order valence-electron chi connectivity index (χ0n) is 13.6. The molecule has 2 N–H and O–H groups in total. The van der Waals surface area contributed by atoms with Gasteiger partial charge in [-0.25, -0.2) is 9.78 Å². The van der Waals surface area contributed by atoms with Gasteiger partial charge in [-0.05, 0) is 35.4 Å². The van der Waals surface area contributed by atoms with Crippen LogP contribution in [0.4, 0.5) is 0 Å². The molecule has 0 fully saturated rings. The Morgan fingerprint density at radius 1 is 0.885 bits per heavy atom. The lowest BCUT2D eigenvalue weighted by Gasteiger charge is -2.10. The molecule has 0 radical (unpaired) electrons. The summed E-state index contributed by atoms with van der Waals surface area (Å²) in [6.07, 6.45) is 0. The highest BCUT2D eigenvalue weighted by Crippen LogP contribution is 2.30. The van der Waals surface area contributed by atoms with E-state index >= 15 is 0 Å². The molecule has 0 unspecified atom stereocenters. The van der Waals surface area contributed by atoms with E-state index in [0.717, 1.165) is 16.7 Å². The van der Waals surface area contributed by atoms with Crippen molar-refractivity contribution >= 4 is 16.9 Å². The average Bonchev–Trinajstić information content (AvgIpc) is 2.68. The van der Waals surface area contributed by atoms with Gasteiger partial charge in [0.15, 0.2) is 0 Å². The molecule has 1 aromatic heterocycles. The number of para-hydroxylation sites is 1. The molecule has 4 rings (SSSR count). The quantitative estimate of drug-likeness (QED) is 0.590. The van der Waals surface area contributed by atoms with Crippen molar-refractivity contribution in [2.45, 2.75) is 0 Å². The summed E-state index contributed by atoms with van der Waals surface area (Å²) in [5.41, 5.74) is 2.89. The number of aromatic carboxylic acids is 1. The highest BCUT2D eigenvalue weighted by molar-refractivity contribution is 5.91.